The normalized spacial score (nSPS) is 44.4. The van der Waals surface area contributed by atoms with Crippen LogP contribution in [-0.4, -0.2) is 44.5 Å². The van der Waals surface area contributed by atoms with E-state index in [1.807, 2.05) is 13.0 Å². The summed E-state index contributed by atoms with van der Waals surface area (Å²) < 4.78 is 17.1. The third kappa shape index (κ3) is 3.03. The number of aliphatic hydroxyl groups is 1. The molecule has 3 N–H and O–H groups in total. The van der Waals surface area contributed by atoms with E-state index >= 15 is 0 Å². The Hall–Kier alpha value is -1.44. The second kappa shape index (κ2) is 7.03. The minimum absolute atomic E-state index is 0.0838. The van der Waals surface area contributed by atoms with Crippen molar-refractivity contribution in [3.05, 3.63) is 23.8 Å². The van der Waals surface area contributed by atoms with Crippen LogP contribution < -0.4 is 0 Å². The maximum atomic E-state index is 13.6. The Kier molecular flexibility index (Phi) is 5.16. The molecule has 170 valence electrons. The molecule has 7 atom stereocenters. The van der Waals surface area contributed by atoms with Gasteiger partial charge in [-0.15, -0.1) is 0 Å². The molecule has 4 rings (SSSR count). The second-order valence-corrected chi connectivity index (χ2v) is 11.2. The van der Waals surface area contributed by atoms with E-state index in [9.17, 15) is 33.8 Å². The molecule has 0 spiro atoms. The molecule has 8 nitrogen and oxygen atoms in total. The van der Waals surface area contributed by atoms with Crippen molar-refractivity contribution in [1.82, 2.24) is 0 Å². The highest BCUT2D eigenvalue weighted by Gasteiger charge is 2.73. The quantitative estimate of drug-likeness (QED) is 0.552. The van der Waals surface area contributed by atoms with Crippen LogP contribution >= 0.6 is 7.82 Å². The van der Waals surface area contributed by atoms with Crippen molar-refractivity contribution in [3.8, 4) is 0 Å². The van der Waals surface area contributed by atoms with Crippen molar-refractivity contribution in [2.75, 3.05) is 6.61 Å². The van der Waals surface area contributed by atoms with Crippen LogP contribution in [0.25, 0.3) is 0 Å². The van der Waals surface area contributed by atoms with Crippen LogP contribution in [0, 0.1) is 34.5 Å². The molecule has 0 radical (unpaired) electrons. The topological polar surface area (TPSA) is 138 Å². The van der Waals surface area contributed by atoms with Crippen LogP contribution in [0.15, 0.2) is 23.8 Å². The number of carbonyl (C=O) groups excluding carboxylic acids is 3. The number of aliphatic hydroxyl groups excluding tert-OH is 1. The van der Waals surface area contributed by atoms with Crippen LogP contribution in [0.2, 0.25) is 0 Å². The smallest absolute Gasteiger partial charge is 0.388 e. The molecule has 3 fully saturated rings. The van der Waals surface area contributed by atoms with Gasteiger partial charge in [0.25, 0.3) is 0 Å². The Morgan fingerprint density at radius 1 is 1.29 bits per heavy atom. The fourth-order valence-corrected chi connectivity index (χ4v) is 8.36. The van der Waals surface area contributed by atoms with Gasteiger partial charge in [-0.1, -0.05) is 32.4 Å². The van der Waals surface area contributed by atoms with Crippen molar-refractivity contribution >= 4 is 25.2 Å². The summed E-state index contributed by atoms with van der Waals surface area (Å²) in [6, 6.07) is 0. The number of carbonyl (C=O) groups is 3. The van der Waals surface area contributed by atoms with Gasteiger partial charge in [-0.2, -0.15) is 0 Å². The molecule has 0 aromatic rings. The van der Waals surface area contributed by atoms with Crippen LogP contribution in [0.1, 0.15) is 46.5 Å². The summed E-state index contributed by atoms with van der Waals surface area (Å²) in [5.41, 5.74) is -2.75. The van der Waals surface area contributed by atoms with Gasteiger partial charge in [-0.05, 0) is 49.2 Å². The van der Waals surface area contributed by atoms with E-state index in [2.05, 4.69) is 0 Å². The molecule has 0 amide bonds. The number of allylic oxidation sites excluding steroid dienone is 4. The Bertz CT molecular complexity index is 963. The monoisotopic (exact) mass is 452 g/mol. The van der Waals surface area contributed by atoms with Crippen molar-refractivity contribution in [1.29, 1.82) is 0 Å². The minimum atomic E-state index is -5.09. The third-order valence-electron chi connectivity index (χ3n) is 8.62. The van der Waals surface area contributed by atoms with E-state index < -0.39 is 42.6 Å². The lowest BCUT2D eigenvalue weighted by Gasteiger charge is -2.57. The first-order valence-electron chi connectivity index (χ1n) is 10.7. The highest BCUT2D eigenvalue weighted by atomic mass is 31.2. The number of phosphoric acid groups is 1. The largest absolute Gasteiger partial charge is 0.470 e. The predicted molar refractivity (Wildman–Crippen MR) is 110 cm³/mol. The first kappa shape index (κ1) is 22.7. The van der Waals surface area contributed by atoms with E-state index in [4.69, 9.17) is 4.52 Å². The van der Waals surface area contributed by atoms with Crippen LogP contribution in [0.3, 0.4) is 0 Å². The lowest BCUT2D eigenvalue weighted by molar-refractivity contribution is -0.170. The fourth-order valence-electron chi connectivity index (χ4n) is 7.49. The van der Waals surface area contributed by atoms with Gasteiger partial charge in [0.2, 0.25) is 0 Å². The van der Waals surface area contributed by atoms with Crippen LogP contribution in [-0.2, 0) is 23.5 Å². The molecule has 3 saturated carbocycles. The number of rotatable bonds is 4. The summed E-state index contributed by atoms with van der Waals surface area (Å²) >= 11 is 0. The predicted octanol–water partition coefficient (Wildman–Crippen LogP) is 2.13. The Morgan fingerprint density at radius 2 is 1.97 bits per heavy atom. The lowest BCUT2D eigenvalue weighted by Crippen LogP contribution is -2.62. The van der Waals surface area contributed by atoms with E-state index in [1.165, 1.54) is 6.08 Å². The van der Waals surface area contributed by atoms with Gasteiger partial charge >= 0.3 is 7.82 Å². The average Bonchev–Trinajstić information content (AvgIpc) is 2.88. The molecule has 0 saturated heterocycles. The van der Waals surface area contributed by atoms with E-state index in [-0.39, 0.29) is 35.7 Å². The van der Waals surface area contributed by atoms with Crippen molar-refractivity contribution in [3.63, 3.8) is 0 Å². The molecule has 0 heterocycles. The molecule has 0 aromatic carbocycles. The van der Waals surface area contributed by atoms with Gasteiger partial charge in [-0.25, -0.2) is 4.57 Å². The van der Waals surface area contributed by atoms with Gasteiger partial charge in [-0.3, -0.25) is 18.9 Å². The summed E-state index contributed by atoms with van der Waals surface area (Å²) in [7, 11) is -5.09. The van der Waals surface area contributed by atoms with Crippen LogP contribution in [0.5, 0.6) is 0 Å². The molecule has 9 heteroatoms. The Labute approximate surface area is 181 Å². The van der Waals surface area contributed by atoms with Crippen molar-refractivity contribution < 1.29 is 38.4 Å². The third-order valence-corrected chi connectivity index (χ3v) is 9.14. The number of ketones is 3. The number of hydrogen-bond donors (Lipinski definition) is 3. The lowest BCUT2D eigenvalue weighted by atomic mass is 9.46. The summed E-state index contributed by atoms with van der Waals surface area (Å²) in [6.07, 6.45) is 6.59. The standard InChI is InChI=1S/C22H29O8P/c1-12-8-16-15-5-4-13-9-14(24)6-7-20(13,2)19(15)17(25)10-21(16,3)22(12,18(26)11-23)30-31(27,28)29/h6-7,9,12,15-16,19,23H,4-5,8,10-11H2,1-3H3,(H2,27,28,29)/t12-,15-,16-,19+,20-,21-,22-/m0/s1. The minimum Gasteiger partial charge on any atom is -0.388 e. The molecular formula is C22H29O8P. The van der Waals surface area contributed by atoms with Gasteiger partial charge in [0.05, 0.1) is 0 Å². The summed E-state index contributed by atoms with van der Waals surface area (Å²) in [6.45, 7) is 4.44. The second-order valence-electron chi connectivity index (χ2n) is 10.1. The Morgan fingerprint density at radius 3 is 2.58 bits per heavy atom. The van der Waals surface area contributed by atoms with E-state index in [0.29, 0.717) is 19.3 Å². The SMILES string of the molecule is C[C@H]1C[C@H]2[C@@H]3CCC4=CC(=O)C=C[C@]4(C)[C@H]3C(=O)C[C@]2(C)[C@@]1(OP(=O)(O)O)C(=O)CO. The molecular weight excluding hydrogens is 423 g/mol. The Balaban J connectivity index is 1.83. The highest BCUT2D eigenvalue weighted by Crippen LogP contribution is 2.70. The maximum Gasteiger partial charge on any atom is 0.470 e. The molecule has 0 bridgehead atoms. The first-order chi connectivity index (χ1) is 14.3. The van der Waals surface area contributed by atoms with Crippen molar-refractivity contribution in [2.45, 2.75) is 52.1 Å². The molecule has 0 aromatic heterocycles. The number of fused-ring (bicyclic) bond motifs is 5. The van der Waals surface area contributed by atoms with Gasteiger partial charge in [0.1, 0.15) is 18.0 Å². The first-order valence-corrected chi connectivity index (χ1v) is 12.2. The molecule has 0 unspecified atom stereocenters. The highest BCUT2D eigenvalue weighted by molar-refractivity contribution is 7.46. The maximum absolute atomic E-state index is 13.6. The number of Topliss-reactive ketones (excluding diaryl/α,β-unsaturated/α-hetero) is 2. The number of hydrogen-bond acceptors (Lipinski definition) is 6. The summed E-state index contributed by atoms with van der Waals surface area (Å²) in [5.74, 6) is -2.28. The molecule has 4 aliphatic carbocycles. The average molecular weight is 452 g/mol. The van der Waals surface area contributed by atoms with Gasteiger partial charge in [0, 0.05) is 23.2 Å². The molecule has 0 aliphatic heterocycles. The number of phosphoric ester groups is 1. The fraction of sp³-hybridized carbons (Fsp3) is 0.682. The van der Waals surface area contributed by atoms with E-state index in [0.717, 1.165) is 5.57 Å². The van der Waals surface area contributed by atoms with Crippen molar-refractivity contribution in [2.24, 2.45) is 34.5 Å². The molecule has 31 heavy (non-hydrogen) atoms. The van der Waals surface area contributed by atoms with Gasteiger partial charge < -0.3 is 14.9 Å². The zero-order valence-electron chi connectivity index (χ0n) is 17.9. The van der Waals surface area contributed by atoms with Gasteiger partial charge in [0.15, 0.2) is 11.6 Å². The van der Waals surface area contributed by atoms with Crippen LogP contribution in [0.4, 0.5) is 0 Å². The zero-order chi connectivity index (χ0) is 23.0. The summed E-state index contributed by atoms with van der Waals surface area (Å²) in [4.78, 5) is 57.8. The zero-order valence-corrected chi connectivity index (χ0v) is 18.8. The summed E-state index contributed by atoms with van der Waals surface area (Å²) in [5, 5.41) is 9.68. The molecule has 4 aliphatic rings. The van der Waals surface area contributed by atoms with E-state index in [1.54, 1.807) is 19.9 Å².